The van der Waals surface area contributed by atoms with Gasteiger partial charge in [0.05, 0.1) is 6.10 Å². The fraction of sp³-hybridized carbons (Fsp3) is 0.194. The lowest BCUT2D eigenvalue weighted by Crippen LogP contribution is -2.30. The highest BCUT2D eigenvalue weighted by molar-refractivity contribution is 5.79. The summed E-state index contributed by atoms with van der Waals surface area (Å²) in [5, 5.41) is 27.1. The van der Waals surface area contributed by atoms with Gasteiger partial charge in [0, 0.05) is 23.8 Å². The minimum Gasteiger partial charge on any atom is -0.449 e. The Kier molecular flexibility index (Phi) is 7.49. The summed E-state index contributed by atoms with van der Waals surface area (Å²) in [7, 11) is 0. The molecule has 0 radical (unpaired) electrons. The van der Waals surface area contributed by atoms with Crippen molar-refractivity contribution < 1.29 is 19.7 Å². The van der Waals surface area contributed by atoms with Gasteiger partial charge in [0.1, 0.15) is 12.7 Å². The number of anilines is 2. The number of fused-ring (bicyclic) bond motifs is 3. The van der Waals surface area contributed by atoms with Crippen LogP contribution >= 0.6 is 0 Å². The van der Waals surface area contributed by atoms with Gasteiger partial charge in [0.15, 0.2) is 0 Å². The zero-order chi connectivity index (χ0) is 25.6. The van der Waals surface area contributed by atoms with Crippen molar-refractivity contribution >= 4 is 17.5 Å². The van der Waals surface area contributed by atoms with Crippen LogP contribution in [0.4, 0.5) is 16.2 Å². The Balaban J connectivity index is 1.11. The van der Waals surface area contributed by atoms with Gasteiger partial charge in [-0.15, -0.1) is 0 Å². The third kappa shape index (κ3) is 5.66. The van der Waals surface area contributed by atoms with E-state index in [1.54, 1.807) is 12.1 Å². The Morgan fingerprint density at radius 2 is 1.41 bits per heavy atom. The van der Waals surface area contributed by atoms with Crippen LogP contribution in [0.15, 0.2) is 103 Å². The zero-order valence-electron chi connectivity index (χ0n) is 20.4. The molecule has 1 amide bonds. The number of hydrogen-bond acceptors (Lipinski definition) is 5. The van der Waals surface area contributed by atoms with Gasteiger partial charge in [0.25, 0.3) is 0 Å². The lowest BCUT2D eigenvalue weighted by atomic mass is 9.98. The largest absolute Gasteiger partial charge is 0.449 e. The number of hydrogen-bond donors (Lipinski definition) is 4. The molecule has 5 rings (SSSR count). The smallest absolute Gasteiger partial charge is 0.407 e. The van der Waals surface area contributed by atoms with E-state index in [-0.39, 0.29) is 25.5 Å². The van der Waals surface area contributed by atoms with Crippen molar-refractivity contribution in [2.24, 2.45) is 0 Å². The first-order valence-electron chi connectivity index (χ1n) is 12.5. The minimum atomic E-state index is -1.08. The summed E-state index contributed by atoms with van der Waals surface area (Å²) in [6.45, 7) is 0.406. The SMILES string of the molecule is O=C(NCCC(O)C(O)c1cccc(Nc2ccccc2)c1)OCC1c2ccccc2-c2ccccc21. The molecule has 1 aliphatic rings. The van der Waals surface area contributed by atoms with Gasteiger partial charge >= 0.3 is 6.09 Å². The lowest BCUT2D eigenvalue weighted by Gasteiger charge is -2.19. The van der Waals surface area contributed by atoms with Crippen LogP contribution < -0.4 is 10.6 Å². The molecule has 0 spiro atoms. The summed E-state index contributed by atoms with van der Waals surface area (Å²) < 4.78 is 5.54. The average molecular weight is 495 g/mol. The molecular formula is C31H30N2O4. The summed E-state index contributed by atoms with van der Waals surface area (Å²) in [5.41, 5.74) is 6.99. The molecule has 188 valence electrons. The van der Waals surface area contributed by atoms with Gasteiger partial charge in [0.2, 0.25) is 0 Å². The van der Waals surface area contributed by atoms with Crippen LogP contribution in [0.1, 0.15) is 35.1 Å². The fourth-order valence-corrected chi connectivity index (χ4v) is 4.84. The summed E-state index contributed by atoms with van der Waals surface area (Å²) >= 11 is 0. The number of amides is 1. The second kappa shape index (κ2) is 11.3. The molecule has 4 aromatic rings. The van der Waals surface area contributed by atoms with Crippen LogP contribution in [0.2, 0.25) is 0 Å². The molecule has 37 heavy (non-hydrogen) atoms. The highest BCUT2D eigenvalue weighted by atomic mass is 16.5. The molecule has 0 aliphatic heterocycles. The maximum Gasteiger partial charge on any atom is 0.407 e. The van der Waals surface area contributed by atoms with E-state index in [0.717, 1.165) is 22.5 Å². The predicted molar refractivity (Wildman–Crippen MR) is 145 cm³/mol. The first-order chi connectivity index (χ1) is 18.1. The van der Waals surface area contributed by atoms with E-state index in [1.807, 2.05) is 66.7 Å². The number of ether oxygens (including phenoxy) is 1. The second-order valence-electron chi connectivity index (χ2n) is 9.17. The molecule has 6 nitrogen and oxygen atoms in total. The zero-order valence-corrected chi connectivity index (χ0v) is 20.4. The molecule has 0 bridgehead atoms. The first kappa shape index (κ1) is 24.6. The van der Waals surface area contributed by atoms with E-state index >= 15 is 0 Å². The number of carbonyl (C=O) groups excluding carboxylic acids is 1. The van der Waals surface area contributed by atoms with Crippen LogP contribution in [-0.4, -0.2) is 35.6 Å². The van der Waals surface area contributed by atoms with E-state index in [2.05, 4.69) is 34.9 Å². The van der Waals surface area contributed by atoms with Crippen molar-refractivity contribution in [1.29, 1.82) is 0 Å². The van der Waals surface area contributed by atoms with Crippen LogP contribution in [0.25, 0.3) is 11.1 Å². The number of aliphatic hydroxyl groups excluding tert-OH is 2. The van der Waals surface area contributed by atoms with E-state index in [0.29, 0.717) is 5.56 Å². The van der Waals surface area contributed by atoms with Gasteiger partial charge in [-0.1, -0.05) is 78.9 Å². The van der Waals surface area contributed by atoms with Crippen molar-refractivity contribution in [3.63, 3.8) is 0 Å². The van der Waals surface area contributed by atoms with E-state index in [4.69, 9.17) is 4.74 Å². The molecule has 2 unspecified atom stereocenters. The third-order valence-corrected chi connectivity index (χ3v) is 6.71. The normalized spacial score (nSPS) is 13.8. The Bertz CT molecular complexity index is 1310. The van der Waals surface area contributed by atoms with E-state index < -0.39 is 18.3 Å². The Labute approximate surface area is 216 Å². The molecule has 0 aromatic heterocycles. The lowest BCUT2D eigenvalue weighted by molar-refractivity contribution is 0.0137. The third-order valence-electron chi connectivity index (χ3n) is 6.71. The van der Waals surface area contributed by atoms with Crippen molar-refractivity contribution in [2.75, 3.05) is 18.5 Å². The maximum absolute atomic E-state index is 12.4. The average Bonchev–Trinajstić information content (AvgIpc) is 3.26. The quantitative estimate of drug-likeness (QED) is 0.238. The van der Waals surface area contributed by atoms with Gasteiger partial charge in [-0.25, -0.2) is 4.79 Å². The molecule has 4 aromatic carbocycles. The number of carbonyl (C=O) groups is 1. The summed E-state index contributed by atoms with van der Waals surface area (Å²) in [6, 6.07) is 33.4. The van der Waals surface area contributed by atoms with E-state index in [9.17, 15) is 15.0 Å². The molecule has 0 saturated carbocycles. The highest BCUT2D eigenvalue weighted by Crippen LogP contribution is 2.44. The number of rotatable bonds is 9. The standard InChI is InChI=1S/C31H30N2O4/c34-29(30(35)21-9-8-12-23(19-21)33-22-10-2-1-3-11-22)17-18-32-31(36)37-20-28-26-15-6-4-13-24(26)25-14-5-7-16-27(25)28/h1-16,19,28-30,33-35H,17-18,20H2,(H,32,36). The number of nitrogens with one attached hydrogen (secondary N) is 2. The molecule has 6 heteroatoms. The monoisotopic (exact) mass is 494 g/mol. The van der Waals surface area contributed by atoms with Crippen molar-refractivity contribution in [1.82, 2.24) is 5.32 Å². The molecular weight excluding hydrogens is 464 g/mol. The molecule has 1 aliphatic carbocycles. The van der Waals surface area contributed by atoms with Gasteiger partial charge < -0.3 is 25.6 Å². The Morgan fingerprint density at radius 3 is 2.11 bits per heavy atom. The van der Waals surface area contributed by atoms with Crippen molar-refractivity contribution in [3.8, 4) is 11.1 Å². The maximum atomic E-state index is 12.4. The van der Waals surface area contributed by atoms with Crippen molar-refractivity contribution in [3.05, 3.63) is 120 Å². The minimum absolute atomic E-state index is 0.0117. The Hall–Kier alpha value is -4.13. The Morgan fingerprint density at radius 1 is 0.784 bits per heavy atom. The van der Waals surface area contributed by atoms with Crippen LogP contribution in [0, 0.1) is 0 Å². The summed E-state index contributed by atoms with van der Waals surface area (Å²) in [6.07, 6.45) is -2.48. The van der Waals surface area contributed by atoms with Gasteiger partial charge in [-0.05, 0) is 58.5 Å². The molecule has 0 fully saturated rings. The summed E-state index contributed by atoms with van der Waals surface area (Å²) in [4.78, 5) is 12.4. The van der Waals surface area contributed by atoms with Crippen LogP contribution in [-0.2, 0) is 4.74 Å². The molecule has 0 saturated heterocycles. The molecule has 0 heterocycles. The van der Waals surface area contributed by atoms with E-state index in [1.165, 1.54) is 11.1 Å². The fourth-order valence-electron chi connectivity index (χ4n) is 4.84. The molecule has 2 atom stereocenters. The van der Waals surface area contributed by atoms with Crippen molar-refractivity contribution in [2.45, 2.75) is 24.5 Å². The number of benzene rings is 4. The second-order valence-corrected chi connectivity index (χ2v) is 9.17. The number of para-hydroxylation sites is 1. The first-order valence-corrected chi connectivity index (χ1v) is 12.5. The van der Waals surface area contributed by atoms with Crippen LogP contribution in [0.3, 0.4) is 0 Å². The summed E-state index contributed by atoms with van der Waals surface area (Å²) in [5.74, 6) is -0.0117. The van der Waals surface area contributed by atoms with Gasteiger partial charge in [-0.3, -0.25) is 0 Å². The molecule has 4 N–H and O–H groups in total. The number of alkyl carbamates (subject to hydrolysis) is 1. The number of aliphatic hydroxyl groups is 2. The predicted octanol–water partition coefficient (Wildman–Crippen LogP) is 5.75. The van der Waals surface area contributed by atoms with Gasteiger partial charge in [-0.2, -0.15) is 0 Å². The van der Waals surface area contributed by atoms with Crippen LogP contribution in [0.5, 0.6) is 0 Å². The highest BCUT2D eigenvalue weighted by Gasteiger charge is 2.29. The topological polar surface area (TPSA) is 90.8 Å².